The fourth-order valence-electron chi connectivity index (χ4n) is 2.59. The molecule has 0 aliphatic heterocycles. The van der Waals surface area contributed by atoms with Gasteiger partial charge in [0.1, 0.15) is 0 Å². The normalized spacial score (nSPS) is 10.8. The molecular formula is C18H15FN2O3. The van der Waals surface area contributed by atoms with E-state index in [1.165, 1.54) is 6.07 Å². The Labute approximate surface area is 137 Å². The van der Waals surface area contributed by atoms with Gasteiger partial charge >= 0.3 is 0 Å². The van der Waals surface area contributed by atoms with Crippen molar-refractivity contribution < 1.29 is 18.4 Å². The van der Waals surface area contributed by atoms with Gasteiger partial charge in [-0.3, -0.25) is 9.59 Å². The maximum absolute atomic E-state index is 13.8. The van der Waals surface area contributed by atoms with Crippen molar-refractivity contribution in [1.82, 2.24) is 0 Å². The van der Waals surface area contributed by atoms with E-state index in [1.807, 2.05) is 0 Å². The van der Waals surface area contributed by atoms with Crippen LogP contribution in [0.1, 0.15) is 21.7 Å². The Hall–Kier alpha value is -3.15. The number of fused-ring (bicyclic) bond motifs is 1. The zero-order chi connectivity index (χ0) is 17.3. The second-order valence-electron chi connectivity index (χ2n) is 5.43. The lowest BCUT2D eigenvalue weighted by Crippen LogP contribution is -2.17. The van der Waals surface area contributed by atoms with Gasteiger partial charge in [-0.2, -0.15) is 0 Å². The van der Waals surface area contributed by atoms with E-state index in [9.17, 15) is 14.0 Å². The predicted octanol–water partition coefficient (Wildman–Crippen LogP) is 3.16. The highest BCUT2D eigenvalue weighted by atomic mass is 19.1. The highest BCUT2D eigenvalue weighted by Crippen LogP contribution is 2.28. The van der Waals surface area contributed by atoms with Crippen LogP contribution in [0.4, 0.5) is 10.1 Å². The monoisotopic (exact) mass is 326 g/mol. The molecular weight excluding hydrogens is 311 g/mol. The van der Waals surface area contributed by atoms with Crippen LogP contribution in [0.2, 0.25) is 0 Å². The van der Waals surface area contributed by atoms with Crippen LogP contribution in [0.5, 0.6) is 0 Å². The van der Waals surface area contributed by atoms with Gasteiger partial charge in [0.2, 0.25) is 5.91 Å². The third-order valence-electron chi connectivity index (χ3n) is 3.75. The van der Waals surface area contributed by atoms with E-state index < -0.39 is 17.6 Å². The number of nitrogens with two attached hydrogens (primary N) is 1. The summed E-state index contributed by atoms with van der Waals surface area (Å²) in [5.41, 5.74) is 6.87. The van der Waals surface area contributed by atoms with Gasteiger partial charge in [0.25, 0.3) is 5.91 Å². The van der Waals surface area contributed by atoms with Crippen LogP contribution in [0.15, 0.2) is 46.9 Å². The molecule has 1 aromatic heterocycles. The summed E-state index contributed by atoms with van der Waals surface area (Å²) in [5, 5.41) is 3.24. The summed E-state index contributed by atoms with van der Waals surface area (Å²) in [6.07, 6.45) is 0.00416. The highest BCUT2D eigenvalue weighted by Gasteiger charge is 2.20. The number of furan rings is 1. The molecule has 3 rings (SSSR count). The Kier molecular flexibility index (Phi) is 4.04. The molecule has 3 N–H and O–H groups in total. The Morgan fingerprint density at radius 2 is 1.92 bits per heavy atom. The molecule has 5 nitrogen and oxygen atoms in total. The average molecular weight is 326 g/mol. The number of carbonyl (C=O) groups is 2. The van der Waals surface area contributed by atoms with E-state index in [4.69, 9.17) is 10.2 Å². The van der Waals surface area contributed by atoms with Gasteiger partial charge in [0.15, 0.2) is 17.2 Å². The first-order valence-corrected chi connectivity index (χ1v) is 7.32. The third kappa shape index (κ3) is 2.86. The number of primary amides is 1. The predicted molar refractivity (Wildman–Crippen MR) is 88.2 cm³/mol. The number of aryl methyl sites for hydroxylation is 1. The number of nitrogens with one attached hydrogen (secondary N) is 1. The molecule has 24 heavy (non-hydrogen) atoms. The van der Waals surface area contributed by atoms with Gasteiger partial charge in [-0.25, -0.2) is 4.39 Å². The number of carbonyl (C=O) groups excluding carboxylic acids is 2. The molecule has 0 aliphatic rings. The van der Waals surface area contributed by atoms with E-state index in [0.717, 1.165) is 0 Å². The maximum atomic E-state index is 13.8. The summed E-state index contributed by atoms with van der Waals surface area (Å²) in [4.78, 5) is 23.6. The first kappa shape index (κ1) is 15.7. The molecule has 0 saturated heterocycles. The van der Waals surface area contributed by atoms with Gasteiger partial charge in [-0.05, 0) is 24.6 Å². The van der Waals surface area contributed by atoms with Crippen molar-refractivity contribution in [2.45, 2.75) is 13.3 Å². The second kappa shape index (κ2) is 6.16. The fourth-order valence-corrected chi connectivity index (χ4v) is 2.59. The van der Waals surface area contributed by atoms with Crippen molar-refractivity contribution in [2.75, 3.05) is 5.32 Å². The van der Waals surface area contributed by atoms with Crippen molar-refractivity contribution in [1.29, 1.82) is 0 Å². The summed E-state index contributed by atoms with van der Waals surface area (Å²) in [7, 11) is 0. The Morgan fingerprint density at radius 3 is 2.62 bits per heavy atom. The summed E-state index contributed by atoms with van der Waals surface area (Å²) in [5.74, 6) is -1.51. The van der Waals surface area contributed by atoms with Gasteiger partial charge < -0.3 is 15.5 Å². The van der Waals surface area contributed by atoms with Crippen molar-refractivity contribution in [2.24, 2.45) is 5.73 Å². The number of rotatable bonds is 4. The quantitative estimate of drug-likeness (QED) is 0.772. The summed E-state index contributed by atoms with van der Waals surface area (Å²) < 4.78 is 19.2. The lowest BCUT2D eigenvalue weighted by atomic mass is 10.1. The number of amides is 2. The lowest BCUT2D eigenvalue weighted by molar-refractivity contribution is -0.117. The van der Waals surface area contributed by atoms with E-state index in [1.54, 1.807) is 43.3 Å². The minimum Gasteiger partial charge on any atom is -0.448 e. The van der Waals surface area contributed by atoms with Crippen molar-refractivity contribution >= 4 is 28.5 Å². The Bertz CT molecular complexity index is 947. The highest BCUT2D eigenvalue weighted by molar-refractivity contribution is 6.07. The number of hydrogen-bond acceptors (Lipinski definition) is 3. The molecule has 0 spiro atoms. The van der Waals surface area contributed by atoms with Crippen LogP contribution in [-0.2, 0) is 11.2 Å². The molecule has 2 aromatic carbocycles. The van der Waals surface area contributed by atoms with Crippen LogP contribution >= 0.6 is 0 Å². The first-order chi connectivity index (χ1) is 11.5. The number of hydrogen-bond donors (Lipinski definition) is 2. The van der Waals surface area contributed by atoms with Gasteiger partial charge in [-0.1, -0.05) is 30.3 Å². The van der Waals surface area contributed by atoms with Gasteiger partial charge in [0, 0.05) is 16.6 Å². The molecule has 3 aromatic rings. The zero-order valence-corrected chi connectivity index (χ0v) is 12.9. The maximum Gasteiger partial charge on any atom is 0.291 e. The standard InChI is InChI=1S/C18H15FN2O3/c1-10-12-6-4-7-13(19)17(12)24-16(10)18(23)21-14-8-3-2-5-11(14)9-15(20)22/h2-8H,9H2,1H3,(H2,20,22)(H,21,23). The van der Waals surface area contributed by atoms with Crippen molar-refractivity contribution in [3.05, 3.63) is 65.2 Å². The van der Waals surface area contributed by atoms with Gasteiger partial charge in [0.05, 0.1) is 6.42 Å². The summed E-state index contributed by atoms with van der Waals surface area (Å²) in [6.45, 7) is 1.69. The fraction of sp³-hybridized carbons (Fsp3) is 0.111. The van der Waals surface area contributed by atoms with Crippen LogP contribution < -0.4 is 11.1 Å². The summed E-state index contributed by atoms with van der Waals surface area (Å²) >= 11 is 0. The number of benzene rings is 2. The number of para-hydroxylation sites is 2. The minimum absolute atomic E-state index is 0.00416. The SMILES string of the molecule is Cc1c(C(=O)Nc2ccccc2CC(N)=O)oc2c(F)cccc12. The third-order valence-corrected chi connectivity index (χ3v) is 3.75. The topological polar surface area (TPSA) is 85.3 Å². The first-order valence-electron chi connectivity index (χ1n) is 7.32. The molecule has 0 saturated carbocycles. The number of halogens is 1. The van der Waals surface area contributed by atoms with E-state index in [-0.39, 0.29) is 17.8 Å². The van der Waals surface area contributed by atoms with Crippen molar-refractivity contribution in [3.63, 3.8) is 0 Å². The molecule has 0 unspecified atom stereocenters. The molecule has 0 atom stereocenters. The van der Waals surface area contributed by atoms with Gasteiger partial charge in [-0.15, -0.1) is 0 Å². The van der Waals surface area contributed by atoms with E-state index >= 15 is 0 Å². The smallest absolute Gasteiger partial charge is 0.291 e. The van der Waals surface area contributed by atoms with E-state index in [2.05, 4.69) is 5.32 Å². The second-order valence-corrected chi connectivity index (χ2v) is 5.43. The molecule has 2 amide bonds. The molecule has 1 heterocycles. The molecule has 6 heteroatoms. The molecule has 0 radical (unpaired) electrons. The Morgan fingerprint density at radius 1 is 1.17 bits per heavy atom. The van der Waals surface area contributed by atoms with Crippen LogP contribution in [-0.4, -0.2) is 11.8 Å². The largest absolute Gasteiger partial charge is 0.448 e. The van der Waals surface area contributed by atoms with Crippen LogP contribution in [0.3, 0.4) is 0 Å². The lowest BCUT2D eigenvalue weighted by Gasteiger charge is -2.09. The molecule has 122 valence electrons. The Balaban J connectivity index is 1.95. The summed E-state index contributed by atoms with van der Waals surface area (Å²) in [6, 6.07) is 11.4. The van der Waals surface area contributed by atoms with Crippen molar-refractivity contribution in [3.8, 4) is 0 Å². The van der Waals surface area contributed by atoms with Crippen LogP contribution in [0.25, 0.3) is 11.0 Å². The number of anilines is 1. The zero-order valence-electron chi connectivity index (χ0n) is 12.9. The average Bonchev–Trinajstić information content (AvgIpc) is 2.88. The molecule has 0 aliphatic carbocycles. The minimum atomic E-state index is -0.524. The van der Waals surface area contributed by atoms with Crippen LogP contribution in [0, 0.1) is 12.7 Å². The molecule has 0 bridgehead atoms. The molecule has 0 fully saturated rings. The van der Waals surface area contributed by atoms with E-state index in [0.29, 0.717) is 22.2 Å².